The van der Waals surface area contributed by atoms with E-state index in [4.69, 9.17) is 9.47 Å². The summed E-state index contributed by atoms with van der Waals surface area (Å²) in [6, 6.07) is 15.1. The molecule has 2 N–H and O–H groups in total. The van der Waals surface area contributed by atoms with Gasteiger partial charge in [-0.05, 0) is 34.7 Å². The molecule has 3 rings (SSSR count). The van der Waals surface area contributed by atoms with Crippen molar-refractivity contribution in [2.75, 3.05) is 14.2 Å². The maximum atomic E-state index is 12.4. The largest absolute Gasteiger partial charge is 0.497 e. The van der Waals surface area contributed by atoms with Gasteiger partial charge in [0, 0.05) is 11.6 Å². The summed E-state index contributed by atoms with van der Waals surface area (Å²) >= 11 is 0. The van der Waals surface area contributed by atoms with Crippen molar-refractivity contribution < 1.29 is 14.3 Å². The number of hydrazone groups is 1. The molecule has 2 aromatic carbocycles. The molecule has 0 saturated carbocycles. The van der Waals surface area contributed by atoms with Crippen molar-refractivity contribution in [3.05, 3.63) is 65.4 Å². The Morgan fingerprint density at radius 2 is 1.80 bits per heavy atom. The third-order valence-corrected chi connectivity index (χ3v) is 4.66. The number of nitrogens with zero attached hydrogens (tertiary/aromatic N) is 2. The molecule has 30 heavy (non-hydrogen) atoms. The van der Waals surface area contributed by atoms with Crippen LogP contribution in [-0.2, 0) is 5.41 Å². The Hall–Kier alpha value is -3.61. The number of amides is 1. The Balaban J connectivity index is 1.68. The number of H-pyrrole nitrogens is 1. The van der Waals surface area contributed by atoms with Crippen molar-refractivity contribution in [1.82, 2.24) is 15.6 Å². The molecule has 0 bridgehead atoms. The second-order valence-electron chi connectivity index (χ2n) is 7.80. The monoisotopic (exact) mass is 406 g/mol. The highest BCUT2D eigenvalue weighted by molar-refractivity contribution is 5.94. The number of carbonyl (C=O) groups is 1. The van der Waals surface area contributed by atoms with E-state index >= 15 is 0 Å². The first kappa shape index (κ1) is 21.1. The average molecular weight is 406 g/mol. The highest BCUT2D eigenvalue weighted by Crippen LogP contribution is 2.32. The number of aromatic amines is 1. The summed E-state index contributed by atoms with van der Waals surface area (Å²) in [5.74, 6) is 0.891. The molecule has 3 aromatic rings. The molecule has 0 atom stereocenters. The molecule has 0 radical (unpaired) electrons. The number of ether oxygens (including phenoxy) is 2. The van der Waals surface area contributed by atoms with Crippen molar-refractivity contribution in [2.24, 2.45) is 5.10 Å². The van der Waals surface area contributed by atoms with Crippen molar-refractivity contribution in [2.45, 2.75) is 26.2 Å². The van der Waals surface area contributed by atoms with Crippen LogP contribution in [0.25, 0.3) is 11.3 Å². The standard InChI is InChI=1S/C23H26N4O3/c1-23(2,3)16-8-6-15(7-9-16)14-24-27-22(28)20-13-19(25-26-20)18-11-10-17(29-4)12-21(18)30-5/h6-14H,1-5H3,(H,25,26)(H,27,28)/b24-14-. The van der Waals surface area contributed by atoms with Gasteiger partial charge in [0.2, 0.25) is 0 Å². The summed E-state index contributed by atoms with van der Waals surface area (Å²) in [5, 5.41) is 11.0. The van der Waals surface area contributed by atoms with Crippen LogP contribution in [0.2, 0.25) is 0 Å². The number of hydrogen-bond donors (Lipinski definition) is 2. The van der Waals surface area contributed by atoms with Crippen LogP contribution in [0.3, 0.4) is 0 Å². The second-order valence-corrected chi connectivity index (χ2v) is 7.80. The highest BCUT2D eigenvalue weighted by atomic mass is 16.5. The smallest absolute Gasteiger partial charge is 0.289 e. The third-order valence-electron chi connectivity index (χ3n) is 4.66. The summed E-state index contributed by atoms with van der Waals surface area (Å²) in [6.07, 6.45) is 1.61. The molecule has 1 heterocycles. The van der Waals surface area contributed by atoms with Crippen molar-refractivity contribution in [1.29, 1.82) is 0 Å². The van der Waals surface area contributed by atoms with Crippen LogP contribution in [0.15, 0.2) is 53.6 Å². The lowest BCUT2D eigenvalue weighted by Gasteiger charge is -2.18. The van der Waals surface area contributed by atoms with Gasteiger partial charge in [-0.2, -0.15) is 10.2 Å². The molecular weight excluding hydrogens is 380 g/mol. The predicted octanol–water partition coefficient (Wildman–Crippen LogP) is 4.16. The van der Waals surface area contributed by atoms with E-state index in [9.17, 15) is 4.79 Å². The number of hydrogen-bond acceptors (Lipinski definition) is 5. The normalized spacial score (nSPS) is 11.5. The topological polar surface area (TPSA) is 88.6 Å². The Morgan fingerprint density at radius 3 is 2.43 bits per heavy atom. The second kappa shape index (κ2) is 8.82. The molecule has 156 valence electrons. The lowest BCUT2D eigenvalue weighted by Crippen LogP contribution is -2.18. The van der Waals surface area contributed by atoms with Crippen LogP contribution >= 0.6 is 0 Å². The Labute approximate surface area is 176 Å². The SMILES string of the molecule is COc1ccc(-c2cc(C(=O)N/N=C\c3ccc(C(C)(C)C)cc3)[nH]n2)c(OC)c1. The lowest BCUT2D eigenvalue weighted by molar-refractivity contribution is 0.0950. The van der Waals surface area contributed by atoms with Gasteiger partial charge in [-0.15, -0.1) is 0 Å². The Bertz CT molecular complexity index is 1050. The van der Waals surface area contributed by atoms with E-state index < -0.39 is 0 Å². The molecule has 1 aromatic heterocycles. The van der Waals surface area contributed by atoms with Gasteiger partial charge in [0.15, 0.2) is 0 Å². The third kappa shape index (κ3) is 4.86. The number of rotatable bonds is 6. The minimum atomic E-state index is -0.385. The highest BCUT2D eigenvalue weighted by Gasteiger charge is 2.15. The summed E-state index contributed by atoms with van der Waals surface area (Å²) in [6.45, 7) is 6.49. The quantitative estimate of drug-likeness (QED) is 0.475. The molecule has 0 fully saturated rings. The zero-order valence-electron chi connectivity index (χ0n) is 17.8. The summed E-state index contributed by atoms with van der Waals surface area (Å²) in [5.41, 5.74) is 6.37. The lowest BCUT2D eigenvalue weighted by atomic mass is 9.87. The van der Waals surface area contributed by atoms with Crippen LogP contribution in [0.1, 0.15) is 42.4 Å². The Morgan fingerprint density at radius 1 is 1.07 bits per heavy atom. The van der Waals surface area contributed by atoms with E-state index in [-0.39, 0.29) is 11.3 Å². The summed E-state index contributed by atoms with van der Waals surface area (Å²) in [7, 11) is 3.16. The maximum Gasteiger partial charge on any atom is 0.289 e. The van der Waals surface area contributed by atoms with Gasteiger partial charge in [-0.3, -0.25) is 9.89 Å². The van der Waals surface area contributed by atoms with Gasteiger partial charge >= 0.3 is 0 Å². The van der Waals surface area contributed by atoms with Gasteiger partial charge in [0.1, 0.15) is 17.2 Å². The van der Waals surface area contributed by atoms with E-state index in [0.717, 1.165) is 11.1 Å². The average Bonchev–Trinajstić information content (AvgIpc) is 3.23. The number of aromatic nitrogens is 2. The van der Waals surface area contributed by atoms with Crippen molar-refractivity contribution >= 4 is 12.1 Å². The molecule has 1 amide bonds. The van der Waals surface area contributed by atoms with Crippen LogP contribution in [0.4, 0.5) is 0 Å². The number of nitrogens with one attached hydrogen (secondary N) is 2. The molecule has 7 nitrogen and oxygen atoms in total. The van der Waals surface area contributed by atoms with E-state index in [0.29, 0.717) is 22.9 Å². The van der Waals surface area contributed by atoms with Gasteiger partial charge < -0.3 is 9.47 Å². The number of benzene rings is 2. The van der Waals surface area contributed by atoms with E-state index in [1.54, 1.807) is 32.6 Å². The number of carbonyl (C=O) groups excluding carboxylic acids is 1. The summed E-state index contributed by atoms with van der Waals surface area (Å²) in [4.78, 5) is 12.4. The van der Waals surface area contributed by atoms with Gasteiger partial charge in [-0.25, -0.2) is 5.43 Å². The fourth-order valence-corrected chi connectivity index (χ4v) is 2.88. The van der Waals surface area contributed by atoms with Crippen molar-refractivity contribution in [3.63, 3.8) is 0 Å². The first-order valence-corrected chi connectivity index (χ1v) is 9.53. The van der Waals surface area contributed by atoms with Gasteiger partial charge in [0.25, 0.3) is 5.91 Å². The van der Waals surface area contributed by atoms with Crippen LogP contribution < -0.4 is 14.9 Å². The van der Waals surface area contributed by atoms with E-state index in [1.165, 1.54) is 5.56 Å². The van der Waals surface area contributed by atoms with Crippen LogP contribution in [0.5, 0.6) is 11.5 Å². The first-order valence-electron chi connectivity index (χ1n) is 9.53. The van der Waals surface area contributed by atoms with Gasteiger partial charge in [-0.1, -0.05) is 45.0 Å². The van der Waals surface area contributed by atoms with E-state index in [2.05, 4.69) is 53.6 Å². The molecular formula is C23H26N4O3. The van der Waals surface area contributed by atoms with Gasteiger partial charge in [0.05, 0.1) is 26.1 Å². The Kier molecular flexibility index (Phi) is 6.20. The minimum Gasteiger partial charge on any atom is -0.497 e. The zero-order chi connectivity index (χ0) is 21.7. The summed E-state index contributed by atoms with van der Waals surface area (Å²) < 4.78 is 10.6. The van der Waals surface area contributed by atoms with Crippen LogP contribution in [0, 0.1) is 0 Å². The zero-order valence-corrected chi connectivity index (χ0v) is 17.8. The maximum absolute atomic E-state index is 12.4. The van der Waals surface area contributed by atoms with E-state index in [1.807, 2.05) is 24.3 Å². The fraction of sp³-hybridized carbons (Fsp3) is 0.261. The molecule has 0 spiro atoms. The first-order chi connectivity index (χ1) is 14.3. The molecule has 0 unspecified atom stereocenters. The molecule has 0 aliphatic rings. The molecule has 0 saturated heterocycles. The molecule has 7 heteroatoms. The minimum absolute atomic E-state index is 0.0920. The van der Waals surface area contributed by atoms with Crippen molar-refractivity contribution in [3.8, 4) is 22.8 Å². The number of methoxy groups -OCH3 is 2. The molecule has 0 aliphatic heterocycles. The predicted molar refractivity (Wildman–Crippen MR) is 117 cm³/mol. The molecule has 0 aliphatic carbocycles. The van der Waals surface area contributed by atoms with Crippen LogP contribution in [-0.4, -0.2) is 36.5 Å². The fourth-order valence-electron chi connectivity index (χ4n) is 2.88.